The number of esters is 1. The molecule has 0 bridgehead atoms. The number of hydrogen-bond acceptors (Lipinski definition) is 7. The van der Waals surface area contributed by atoms with E-state index in [1.807, 2.05) is 32.0 Å². The summed E-state index contributed by atoms with van der Waals surface area (Å²) in [5.74, 6) is -1.24. The lowest BCUT2D eigenvalue weighted by Gasteiger charge is -2.35. The van der Waals surface area contributed by atoms with Gasteiger partial charge in [0, 0.05) is 19.5 Å². The molecule has 10 nitrogen and oxygen atoms in total. The molecule has 0 aliphatic rings. The van der Waals surface area contributed by atoms with Crippen molar-refractivity contribution >= 4 is 23.9 Å². The first-order valence-corrected chi connectivity index (χ1v) is 15.8. The number of nitrogens with zero attached hydrogens (tertiary/aromatic N) is 1. The highest BCUT2D eigenvalue weighted by Gasteiger charge is 2.36. The lowest BCUT2D eigenvalue weighted by Crippen LogP contribution is -2.54. The Kier molecular flexibility index (Phi) is 14.9. The van der Waals surface area contributed by atoms with Crippen molar-refractivity contribution in [2.24, 2.45) is 0 Å². The van der Waals surface area contributed by atoms with Crippen LogP contribution in [-0.2, 0) is 30.3 Å². The van der Waals surface area contributed by atoms with Crippen molar-refractivity contribution in [3.8, 4) is 5.75 Å². The minimum atomic E-state index is -1.07. The van der Waals surface area contributed by atoms with Crippen LogP contribution in [0, 0.1) is 13.8 Å². The van der Waals surface area contributed by atoms with Crippen LogP contribution in [0.4, 0.5) is 4.79 Å². The third-order valence-corrected chi connectivity index (χ3v) is 7.24. The zero-order valence-electron chi connectivity index (χ0n) is 27.9. The van der Waals surface area contributed by atoms with Crippen LogP contribution in [0.5, 0.6) is 5.75 Å². The standard InChI is InChI=1S/C35H51N3O7/c1-8-10-11-12-21-38(31(27-16-13-24(3)25(4)22-27)32(41)36-20-19-30(40)44-9-2)33(42)29(37-34(43)45-35(5,6)7)23-26-14-17-28(39)18-15-26/h13-18,22,29,31,39H,8-12,19-21,23H2,1-7H3,(H,36,41)(H,37,43). The maximum Gasteiger partial charge on any atom is 0.408 e. The van der Waals surface area contributed by atoms with Crippen LogP contribution in [-0.4, -0.2) is 65.2 Å². The fourth-order valence-corrected chi connectivity index (χ4v) is 4.82. The maximum absolute atomic E-state index is 14.6. The van der Waals surface area contributed by atoms with E-state index < -0.39 is 41.6 Å². The number of carbonyl (C=O) groups is 4. The predicted molar refractivity (Wildman–Crippen MR) is 174 cm³/mol. The van der Waals surface area contributed by atoms with Gasteiger partial charge in [0.15, 0.2) is 0 Å². The van der Waals surface area contributed by atoms with E-state index in [2.05, 4.69) is 17.6 Å². The van der Waals surface area contributed by atoms with Crippen molar-refractivity contribution in [3.63, 3.8) is 0 Å². The molecule has 3 N–H and O–H groups in total. The average molecular weight is 626 g/mol. The molecular formula is C35H51N3O7. The second kappa shape index (κ2) is 18.0. The Morgan fingerprint density at radius 1 is 0.933 bits per heavy atom. The molecule has 0 aromatic heterocycles. The topological polar surface area (TPSA) is 134 Å². The van der Waals surface area contributed by atoms with Gasteiger partial charge in [0.1, 0.15) is 23.4 Å². The number of nitrogens with one attached hydrogen (secondary N) is 2. The Hall–Kier alpha value is -4.08. The minimum absolute atomic E-state index is 0.00660. The van der Waals surface area contributed by atoms with Crippen molar-refractivity contribution in [2.45, 2.75) is 105 Å². The average Bonchev–Trinajstić information content (AvgIpc) is 2.96. The molecule has 0 fully saturated rings. The number of rotatable bonds is 16. The Labute approximate surface area is 267 Å². The first-order valence-electron chi connectivity index (χ1n) is 15.8. The summed E-state index contributed by atoms with van der Waals surface area (Å²) in [5, 5.41) is 15.4. The normalized spacial score (nSPS) is 12.5. The molecule has 0 spiro atoms. The molecule has 2 unspecified atom stereocenters. The van der Waals surface area contributed by atoms with E-state index in [1.165, 1.54) is 17.0 Å². The Morgan fingerprint density at radius 2 is 1.62 bits per heavy atom. The molecule has 2 aromatic rings. The third kappa shape index (κ3) is 12.8. The van der Waals surface area contributed by atoms with Crippen molar-refractivity contribution in [3.05, 3.63) is 64.7 Å². The highest BCUT2D eigenvalue weighted by atomic mass is 16.6. The number of aryl methyl sites for hydroxylation is 2. The summed E-state index contributed by atoms with van der Waals surface area (Å²) in [6, 6.07) is 9.94. The summed E-state index contributed by atoms with van der Waals surface area (Å²) >= 11 is 0. The van der Waals surface area contributed by atoms with Crippen LogP contribution in [0.3, 0.4) is 0 Å². The van der Waals surface area contributed by atoms with Crippen molar-refractivity contribution in [2.75, 3.05) is 19.7 Å². The van der Waals surface area contributed by atoms with Gasteiger partial charge in [-0.3, -0.25) is 14.4 Å². The van der Waals surface area contributed by atoms with Gasteiger partial charge < -0.3 is 30.1 Å². The summed E-state index contributed by atoms with van der Waals surface area (Å²) in [6.07, 6.45) is 2.80. The van der Waals surface area contributed by atoms with Gasteiger partial charge in [0.2, 0.25) is 11.8 Å². The monoisotopic (exact) mass is 625 g/mol. The number of alkyl carbamates (subject to hydrolysis) is 1. The lowest BCUT2D eigenvalue weighted by molar-refractivity contribution is -0.144. The molecule has 0 heterocycles. The molecule has 2 rings (SSSR count). The number of unbranched alkanes of at least 4 members (excludes halogenated alkanes) is 3. The number of phenols is 1. The van der Waals surface area contributed by atoms with E-state index in [4.69, 9.17) is 9.47 Å². The van der Waals surface area contributed by atoms with Crippen molar-refractivity contribution in [1.82, 2.24) is 15.5 Å². The van der Waals surface area contributed by atoms with Crippen molar-refractivity contribution in [1.29, 1.82) is 0 Å². The van der Waals surface area contributed by atoms with E-state index in [0.29, 0.717) is 17.5 Å². The molecule has 45 heavy (non-hydrogen) atoms. The molecule has 2 aromatic carbocycles. The number of phenolic OH excluding ortho intramolecular Hbond substituents is 1. The second-order valence-corrected chi connectivity index (χ2v) is 12.3. The molecule has 248 valence electrons. The van der Waals surface area contributed by atoms with Crippen LogP contribution in [0.2, 0.25) is 0 Å². The Morgan fingerprint density at radius 3 is 2.22 bits per heavy atom. The molecule has 0 saturated carbocycles. The molecule has 0 radical (unpaired) electrons. The van der Waals surface area contributed by atoms with Gasteiger partial charge in [-0.05, 0) is 82.3 Å². The van der Waals surface area contributed by atoms with E-state index >= 15 is 0 Å². The Balaban J connectivity index is 2.56. The number of hydrogen-bond donors (Lipinski definition) is 3. The Bertz CT molecular complexity index is 1270. The molecule has 0 aliphatic carbocycles. The van der Waals surface area contributed by atoms with Crippen molar-refractivity contribution < 1.29 is 33.8 Å². The highest BCUT2D eigenvalue weighted by molar-refractivity contribution is 5.92. The molecule has 0 saturated heterocycles. The SMILES string of the molecule is CCCCCCN(C(=O)C(Cc1ccc(O)cc1)NC(=O)OC(C)(C)C)C(C(=O)NCCC(=O)OCC)c1ccc(C)c(C)c1. The van der Waals surface area contributed by atoms with E-state index in [-0.39, 0.29) is 38.3 Å². The number of amides is 3. The first kappa shape index (κ1) is 37.1. The smallest absolute Gasteiger partial charge is 0.408 e. The molecule has 10 heteroatoms. The number of benzene rings is 2. The van der Waals surface area contributed by atoms with E-state index in [1.54, 1.807) is 39.8 Å². The van der Waals surface area contributed by atoms with Crippen LogP contribution in [0.1, 0.15) is 95.0 Å². The van der Waals surface area contributed by atoms with Crippen LogP contribution < -0.4 is 10.6 Å². The summed E-state index contributed by atoms with van der Waals surface area (Å²) in [4.78, 5) is 55.0. The van der Waals surface area contributed by atoms with Gasteiger partial charge in [-0.15, -0.1) is 0 Å². The molecule has 3 amide bonds. The van der Waals surface area contributed by atoms with E-state index in [9.17, 15) is 24.3 Å². The van der Waals surface area contributed by atoms with Gasteiger partial charge >= 0.3 is 12.1 Å². The lowest BCUT2D eigenvalue weighted by atomic mass is 9.97. The largest absolute Gasteiger partial charge is 0.508 e. The number of carbonyl (C=O) groups excluding carboxylic acids is 4. The van der Waals surface area contributed by atoms with Gasteiger partial charge in [0.05, 0.1) is 13.0 Å². The molecule has 2 atom stereocenters. The maximum atomic E-state index is 14.6. The fourth-order valence-electron chi connectivity index (χ4n) is 4.82. The van der Waals surface area contributed by atoms with Gasteiger partial charge in [-0.2, -0.15) is 0 Å². The number of ether oxygens (including phenoxy) is 2. The number of aromatic hydroxyl groups is 1. The summed E-state index contributed by atoms with van der Waals surface area (Å²) in [5.41, 5.74) is 2.53. The summed E-state index contributed by atoms with van der Waals surface area (Å²) in [6.45, 7) is 13.5. The second-order valence-electron chi connectivity index (χ2n) is 12.3. The van der Waals surface area contributed by atoms with Gasteiger partial charge in [-0.25, -0.2) is 4.79 Å². The summed E-state index contributed by atoms with van der Waals surface area (Å²) < 4.78 is 10.5. The van der Waals surface area contributed by atoms with Gasteiger partial charge in [-0.1, -0.05) is 56.5 Å². The molecular weight excluding hydrogens is 574 g/mol. The minimum Gasteiger partial charge on any atom is -0.508 e. The van der Waals surface area contributed by atoms with Crippen LogP contribution in [0.15, 0.2) is 42.5 Å². The summed E-state index contributed by atoms with van der Waals surface area (Å²) in [7, 11) is 0. The molecule has 0 aliphatic heterocycles. The quantitative estimate of drug-likeness (QED) is 0.162. The fraction of sp³-hybridized carbons (Fsp3) is 0.543. The zero-order valence-corrected chi connectivity index (χ0v) is 27.9. The van der Waals surface area contributed by atoms with Crippen LogP contribution in [0.25, 0.3) is 0 Å². The van der Waals surface area contributed by atoms with E-state index in [0.717, 1.165) is 30.4 Å². The highest BCUT2D eigenvalue weighted by Crippen LogP contribution is 2.26. The zero-order chi connectivity index (χ0) is 33.6. The predicted octanol–water partition coefficient (Wildman–Crippen LogP) is 5.66. The first-order chi connectivity index (χ1) is 21.2. The van der Waals surface area contributed by atoms with Crippen LogP contribution >= 0.6 is 0 Å². The van der Waals surface area contributed by atoms with Gasteiger partial charge in [0.25, 0.3) is 0 Å². The third-order valence-electron chi connectivity index (χ3n) is 7.24.